The van der Waals surface area contributed by atoms with Crippen LogP contribution in [0.5, 0.6) is 0 Å². The zero-order chi connectivity index (χ0) is 14.8. The van der Waals surface area contributed by atoms with E-state index in [1.165, 1.54) is 11.3 Å². The van der Waals surface area contributed by atoms with Gasteiger partial charge in [0.1, 0.15) is 11.5 Å². The van der Waals surface area contributed by atoms with Crippen molar-refractivity contribution >= 4 is 23.1 Å². The van der Waals surface area contributed by atoms with E-state index >= 15 is 0 Å². The highest BCUT2D eigenvalue weighted by Crippen LogP contribution is 2.28. The number of anilines is 1. The van der Waals surface area contributed by atoms with Crippen molar-refractivity contribution in [3.05, 3.63) is 52.9 Å². The van der Waals surface area contributed by atoms with Crippen molar-refractivity contribution < 1.29 is 9.21 Å². The number of carbonyl (C=O) groups excluding carboxylic acids is 1. The molecule has 3 aromatic rings. The maximum atomic E-state index is 12.3. The van der Waals surface area contributed by atoms with Crippen molar-refractivity contribution in [3.63, 3.8) is 0 Å². The minimum atomic E-state index is -0.261. The molecular formula is C15H13N3O2S. The molecule has 21 heavy (non-hydrogen) atoms. The summed E-state index contributed by atoms with van der Waals surface area (Å²) in [5.41, 5.74) is 1.31. The van der Waals surface area contributed by atoms with Gasteiger partial charge in [-0.3, -0.25) is 4.79 Å². The van der Waals surface area contributed by atoms with Gasteiger partial charge in [0, 0.05) is 11.1 Å². The highest BCUT2D eigenvalue weighted by molar-refractivity contribution is 7.15. The number of hydrogen-bond acceptors (Lipinski definition) is 5. The van der Waals surface area contributed by atoms with E-state index in [9.17, 15) is 4.79 Å². The first-order valence-electron chi connectivity index (χ1n) is 6.39. The maximum Gasteiger partial charge on any atom is 0.276 e. The molecule has 0 atom stereocenters. The first kappa shape index (κ1) is 13.5. The third kappa shape index (κ3) is 2.71. The predicted octanol–water partition coefficient (Wildman–Crippen LogP) is 3.67. The standard InChI is InChI=1S/C15H13N3O2S/c1-9-5-3-7-16-13(9)18-14(19)12-10(2)21-15(17-12)11-6-4-8-20-11/h3-8H,1-2H3,(H,16,18,19). The van der Waals surface area contributed by atoms with Gasteiger partial charge in [-0.05, 0) is 37.6 Å². The molecule has 0 saturated carbocycles. The zero-order valence-corrected chi connectivity index (χ0v) is 12.4. The van der Waals surface area contributed by atoms with Gasteiger partial charge in [0.2, 0.25) is 0 Å². The lowest BCUT2D eigenvalue weighted by molar-refractivity contribution is 0.102. The lowest BCUT2D eigenvalue weighted by Crippen LogP contribution is -2.15. The second kappa shape index (κ2) is 5.49. The van der Waals surface area contributed by atoms with Crippen LogP contribution in [0, 0.1) is 13.8 Å². The average Bonchev–Trinajstić information content (AvgIpc) is 3.10. The lowest BCUT2D eigenvalue weighted by atomic mass is 10.3. The summed E-state index contributed by atoms with van der Waals surface area (Å²) in [6.07, 6.45) is 3.23. The van der Waals surface area contributed by atoms with E-state index in [0.29, 0.717) is 22.3 Å². The molecule has 0 bridgehead atoms. The molecule has 3 heterocycles. The summed E-state index contributed by atoms with van der Waals surface area (Å²) in [7, 11) is 0. The van der Waals surface area contributed by atoms with Crippen molar-refractivity contribution in [2.24, 2.45) is 0 Å². The van der Waals surface area contributed by atoms with Crippen LogP contribution in [0.1, 0.15) is 20.9 Å². The molecule has 1 N–H and O–H groups in total. The topological polar surface area (TPSA) is 68.0 Å². The number of nitrogens with one attached hydrogen (secondary N) is 1. The Morgan fingerprint density at radius 1 is 1.29 bits per heavy atom. The molecular weight excluding hydrogens is 286 g/mol. The quantitative estimate of drug-likeness (QED) is 0.801. The van der Waals surface area contributed by atoms with E-state index in [0.717, 1.165) is 10.4 Å². The molecule has 0 aromatic carbocycles. The van der Waals surface area contributed by atoms with Gasteiger partial charge in [-0.2, -0.15) is 0 Å². The number of aryl methyl sites for hydroxylation is 2. The molecule has 0 spiro atoms. The molecule has 0 aliphatic carbocycles. The number of hydrogen-bond donors (Lipinski definition) is 1. The monoisotopic (exact) mass is 299 g/mol. The van der Waals surface area contributed by atoms with Crippen LogP contribution in [-0.2, 0) is 0 Å². The van der Waals surface area contributed by atoms with Crippen LogP contribution in [0.25, 0.3) is 10.8 Å². The van der Waals surface area contributed by atoms with Gasteiger partial charge in [-0.25, -0.2) is 9.97 Å². The van der Waals surface area contributed by atoms with E-state index in [-0.39, 0.29) is 5.91 Å². The number of furan rings is 1. The highest BCUT2D eigenvalue weighted by Gasteiger charge is 2.18. The van der Waals surface area contributed by atoms with E-state index < -0.39 is 0 Å². The van der Waals surface area contributed by atoms with E-state index in [1.807, 2.05) is 32.0 Å². The zero-order valence-electron chi connectivity index (χ0n) is 11.6. The summed E-state index contributed by atoms with van der Waals surface area (Å²) in [5, 5.41) is 3.48. The third-order valence-corrected chi connectivity index (χ3v) is 3.97. The van der Waals surface area contributed by atoms with Crippen LogP contribution in [0.15, 0.2) is 41.1 Å². The number of pyridine rings is 1. The van der Waals surface area contributed by atoms with Crippen LogP contribution in [-0.4, -0.2) is 15.9 Å². The SMILES string of the molecule is Cc1cccnc1NC(=O)c1nc(-c2ccco2)sc1C. The summed E-state index contributed by atoms with van der Waals surface area (Å²) in [4.78, 5) is 21.7. The summed E-state index contributed by atoms with van der Waals surface area (Å²) < 4.78 is 5.31. The first-order chi connectivity index (χ1) is 10.1. The van der Waals surface area contributed by atoms with E-state index in [2.05, 4.69) is 15.3 Å². The number of rotatable bonds is 3. The molecule has 0 aliphatic rings. The van der Waals surface area contributed by atoms with Gasteiger partial charge in [-0.15, -0.1) is 11.3 Å². The van der Waals surface area contributed by atoms with Crippen molar-refractivity contribution in [2.75, 3.05) is 5.32 Å². The molecule has 106 valence electrons. The Morgan fingerprint density at radius 3 is 2.86 bits per heavy atom. The summed E-state index contributed by atoms with van der Waals surface area (Å²) in [6.45, 7) is 3.76. The number of amides is 1. The molecule has 0 fully saturated rings. The van der Waals surface area contributed by atoms with Crippen LogP contribution in [0.4, 0.5) is 5.82 Å². The smallest absolute Gasteiger partial charge is 0.276 e. The molecule has 3 aromatic heterocycles. The fourth-order valence-electron chi connectivity index (χ4n) is 1.90. The number of nitrogens with zero attached hydrogens (tertiary/aromatic N) is 2. The van der Waals surface area contributed by atoms with Gasteiger partial charge >= 0.3 is 0 Å². The van der Waals surface area contributed by atoms with E-state index in [4.69, 9.17) is 4.42 Å². The Bertz CT molecular complexity index is 778. The van der Waals surface area contributed by atoms with Gasteiger partial charge < -0.3 is 9.73 Å². The highest BCUT2D eigenvalue weighted by atomic mass is 32.1. The second-order valence-electron chi connectivity index (χ2n) is 4.52. The normalized spacial score (nSPS) is 10.6. The molecule has 3 rings (SSSR count). The predicted molar refractivity (Wildman–Crippen MR) is 81.5 cm³/mol. The Kier molecular flexibility index (Phi) is 3.53. The second-order valence-corrected chi connectivity index (χ2v) is 5.73. The van der Waals surface area contributed by atoms with Gasteiger partial charge in [0.15, 0.2) is 10.8 Å². The molecule has 5 nitrogen and oxygen atoms in total. The molecule has 0 aliphatic heterocycles. The Hall–Kier alpha value is -2.47. The van der Waals surface area contributed by atoms with Gasteiger partial charge in [0.25, 0.3) is 5.91 Å². The minimum Gasteiger partial charge on any atom is -0.462 e. The minimum absolute atomic E-state index is 0.261. The van der Waals surface area contributed by atoms with Crippen LogP contribution in [0.3, 0.4) is 0 Å². The van der Waals surface area contributed by atoms with Crippen LogP contribution >= 0.6 is 11.3 Å². The maximum absolute atomic E-state index is 12.3. The Balaban J connectivity index is 1.87. The molecule has 1 amide bonds. The van der Waals surface area contributed by atoms with Crippen LogP contribution in [0.2, 0.25) is 0 Å². The molecule has 6 heteroatoms. The number of thiazole rings is 1. The number of aromatic nitrogens is 2. The summed E-state index contributed by atoms with van der Waals surface area (Å²) >= 11 is 1.43. The van der Waals surface area contributed by atoms with Gasteiger partial charge in [0.05, 0.1) is 6.26 Å². The fourth-order valence-corrected chi connectivity index (χ4v) is 2.77. The summed E-state index contributed by atoms with van der Waals surface area (Å²) in [5.74, 6) is 0.953. The third-order valence-electron chi connectivity index (χ3n) is 2.99. The summed E-state index contributed by atoms with van der Waals surface area (Å²) in [6, 6.07) is 7.34. The van der Waals surface area contributed by atoms with Crippen molar-refractivity contribution in [1.82, 2.24) is 9.97 Å². The Labute approximate surface area is 125 Å². The number of carbonyl (C=O) groups is 1. The van der Waals surface area contributed by atoms with Crippen LogP contribution < -0.4 is 5.32 Å². The first-order valence-corrected chi connectivity index (χ1v) is 7.21. The van der Waals surface area contributed by atoms with Crippen molar-refractivity contribution in [3.8, 4) is 10.8 Å². The van der Waals surface area contributed by atoms with Crippen molar-refractivity contribution in [1.29, 1.82) is 0 Å². The Morgan fingerprint density at radius 2 is 2.14 bits per heavy atom. The molecule has 0 saturated heterocycles. The molecule has 0 radical (unpaired) electrons. The lowest BCUT2D eigenvalue weighted by Gasteiger charge is -2.05. The van der Waals surface area contributed by atoms with Gasteiger partial charge in [-0.1, -0.05) is 6.07 Å². The average molecular weight is 299 g/mol. The van der Waals surface area contributed by atoms with Crippen molar-refractivity contribution in [2.45, 2.75) is 13.8 Å². The largest absolute Gasteiger partial charge is 0.462 e. The van der Waals surface area contributed by atoms with E-state index in [1.54, 1.807) is 18.5 Å². The molecule has 0 unspecified atom stereocenters. The fraction of sp³-hybridized carbons (Fsp3) is 0.133.